The second kappa shape index (κ2) is 6.56. The number of halogens is 2. The van der Waals surface area contributed by atoms with Crippen molar-refractivity contribution in [2.75, 3.05) is 13.1 Å². The molecule has 2 aromatic heterocycles. The van der Waals surface area contributed by atoms with Crippen molar-refractivity contribution in [3.05, 3.63) is 63.4 Å². The number of hydrogen-bond acceptors (Lipinski definition) is 2. The van der Waals surface area contributed by atoms with E-state index in [-0.39, 0.29) is 0 Å². The summed E-state index contributed by atoms with van der Waals surface area (Å²) >= 11 is 12.3. The second-order valence-corrected chi connectivity index (χ2v) is 8.23. The molecule has 2 aliphatic rings. The fourth-order valence-electron chi connectivity index (χ4n) is 4.72. The maximum absolute atomic E-state index is 6.30. The molecule has 5 rings (SSSR count). The molecule has 2 aliphatic heterocycles. The molecule has 1 atom stereocenters. The molecular formula is C21H21Cl2N3. The van der Waals surface area contributed by atoms with Gasteiger partial charge in [0, 0.05) is 47.9 Å². The first kappa shape index (κ1) is 16.6. The van der Waals surface area contributed by atoms with Gasteiger partial charge in [-0.05, 0) is 55.1 Å². The molecule has 5 heteroatoms. The predicted molar refractivity (Wildman–Crippen MR) is 107 cm³/mol. The van der Waals surface area contributed by atoms with Gasteiger partial charge in [-0.15, -0.1) is 0 Å². The first-order chi connectivity index (χ1) is 12.7. The molecule has 26 heavy (non-hydrogen) atoms. The third-order valence-electron chi connectivity index (χ3n) is 5.89. The van der Waals surface area contributed by atoms with Crippen molar-refractivity contribution in [3.8, 4) is 0 Å². The SMILES string of the molecule is Clc1ccc(CCn2c3c(c4cc(Cl)cnc42)C2CCCN2CC3)cc1. The summed E-state index contributed by atoms with van der Waals surface area (Å²) in [7, 11) is 0. The van der Waals surface area contributed by atoms with Crippen LogP contribution in [0.1, 0.15) is 35.7 Å². The van der Waals surface area contributed by atoms with E-state index in [4.69, 9.17) is 28.2 Å². The fourth-order valence-corrected chi connectivity index (χ4v) is 5.00. The van der Waals surface area contributed by atoms with Gasteiger partial charge in [-0.2, -0.15) is 0 Å². The molecule has 0 radical (unpaired) electrons. The lowest BCUT2D eigenvalue weighted by molar-refractivity contribution is 0.242. The van der Waals surface area contributed by atoms with Gasteiger partial charge in [0.2, 0.25) is 0 Å². The van der Waals surface area contributed by atoms with Crippen LogP contribution in [0.4, 0.5) is 0 Å². The molecule has 0 aliphatic carbocycles. The highest BCUT2D eigenvalue weighted by molar-refractivity contribution is 6.31. The Kier molecular flexibility index (Phi) is 4.19. The van der Waals surface area contributed by atoms with Crippen molar-refractivity contribution >= 4 is 34.2 Å². The predicted octanol–water partition coefficient (Wildman–Crippen LogP) is 5.28. The lowest BCUT2D eigenvalue weighted by Gasteiger charge is -2.30. The topological polar surface area (TPSA) is 21.1 Å². The Morgan fingerprint density at radius 3 is 2.77 bits per heavy atom. The van der Waals surface area contributed by atoms with E-state index in [1.165, 1.54) is 41.6 Å². The highest BCUT2D eigenvalue weighted by Gasteiger charge is 2.35. The molecule has 1 fully saturated rings. The van der Waals surface area contributed by atoms with E-state index in [0.717, 1.165) is 41.6 Å². The summed E-state index contributed by atoms with van der Waals surface area (Å²) in [4.78, 5) is 7.35. The monoisotopic (exact) mass is 385 g/mol. The number of hydrogen-bond donors (Lipinski definition) is 0. The lowest BCUT2D eigenvalue weighted by Crippen LogP contribution is -2.31. The van der Waals surface area contributed by atoms with E-state index in [1.807, 2.05) is 12.1 Å². The second-order valence-electron chi connectivity index (χ2n) is 7.36. The average Bonchev–Trinajstić information content (AvgIpc) is 3.23. The fraction of sp³-hybridized carbons (Fsp3) is 0.381. The maximum Gasteiger partial charge on any atom is 0.140 e. The molecule has 0 saturated carbocycles. The van der Waals surface area contributed by atoms with Crippen LogP contribution in [0.25, 0.3) is 11.0 Å². The normalized spacial score (nSPS) is 19.7. The van der Waals surface area contributed by atoms with Crippen molar-refractivity contribution in [2.45, 2.75) is 38.3 Å². The third-order valence-corrected chi connectivity index (χ3v) is 6.34. The Balaban J connectivity index is 1.57. The molecular weight excluding hydrogens is 365 g/mol. The van der Waals surface area contributed by atoms with Crippen LogP contribution in [-0.4, -0.2) is 27.5 Å². The summed E-state index contributed by atoms with van der Waals surface area (Å²) in [5, 5.41) is 2.76. The molecule has 134 valence electrons. The van der Waals surface area contributed by atoms with Crippen LogP contribution in [-0.2, 0) is 19.4 Å². The smallest absolute Gasteiger partial charge is 0.140 e. The summed E-state index contributed by atoms with van der Waals surface area (Å²) in [6.07, 6.45) is 6.39. The highest BCUT2D eigenvalue weighted by Crippen LogP contribution is 2.43. The van der Waals surface area contributed by atoms with Gasteiger partial charge in [0.1, 0.15) is 5.65 Å². The van der Waals surface area contributed by atoms with Gasteiger partial charge < -0.3 is 4.57 Å². The molecule has 0 amide bonds. The molecule has 0 spiro atoms. The molecule has 3 nitrogen and oxygen atoms in total. The number of pyridine rings is 1. The van der Waals surface area contributed by atoms with Crippen LogP contribution >= 0.6 is 23.2 Å². The van der Waals surface area contributed by atoms with Gasteiger partial charge in [-0.3, -0.25) is 4.90 Å². The largest absolute Gasteiger partial charge is 0.329 e. The molecule has 3 aromatic rings. The van der Waals surface area contributed by atoms with Crippen LogP contribution < -0.4 is 0 Å². The van der Waals surface area contributed by atoms with E-state index in [1.54, 1.807) is 6.20 Å². The Hall–Kier alpha value is -1.55. The zero-order valence-corrected chi connectivity index (χ0v) is 16.1. The molecule has 0 bridgehead atoms. The Labute approximate surface area is 163 Å². The molecule has 1 unspecified atom stereocenters. The van der Waals surface area contributed by atoms with E-state index < -0.39 is 0 Å². The van der Waals surface area contributed by atoms with Crippen LogP contribution in [0.3, 0.4) is 0 Å². The quantitative estimate of drug-likeness (QED) is 0.611. The first-order valence-electron chi connectivity index (χ1n) is 9.36. The minimum atomic E-state index is 0.540. The Morgan fingerprint density at radius 1 is 1.08 bits per heavy atom. The van der Waals surface area contributed by atoms with Crippen LogP contribution in [0.15, 0.2) is 36.5 Å². The standard InChI is InChI=1S/C21H21Cl2N3/c22-15-5-3-14(4-6-15)7-11-26-19-8-10-25-9-1-2-18(25)20(19)17-12-16(23)13-24-21(17)26/h3-6,12-13,18H,1-2,7-11H2. The number of fused-ring (bicyclic) bond motifs is 5. The minimum absolute atomic E-state index is 0.540. The summed E-state index contributed by atoms with van der Waals surface area (Å²) in [6.45, 7) is 3.31. The Morgan fingerprint density at radius 2 is 1.92 bits per heavy atom. The van der Waals surface area contributed by atoms with Gasteiger partial charge in [0.05, 0.1) is 5.02 Å². The van der Waals surface area contributed by atoms with Crippen LogP contribution in [0.5, 0.6) is 0 Å². The minimum Gasteiger partial charge on any atom is -0.329 e. The van der Waals surface area contributed by atoms with Gasteiger partial charge >= 0.3 is 0 Å². The van der Waals surface area contributed by atoms with Crippen molar-refractivity contribution in [1.82, 2.24) is 14.5 Å². The van der Waals surface area contributed by atoms with Gasteiger partial charge in [0.25, 0.3) is 0 Å². The van der Waals surface area contributed by atoms with Crippen molar-refractivity contribution in [2.24, 2.45) is 0 Å². The molecule has 0 N–H and O–H groups in total. The lowest BCUT2D eigenvalue weighted by atomic mass is 9.96. The zero-order valence-electron chi connectivity index (χ0n) is 14.6. The molecule has 1 saturated heterocycles. The van der Waals surface area contributed by atoms with Crippen molar-refractivity contribution < 1.29 is 0 Å². The van der Waals surface area contributed by atoms with Crippen molar-refractivity contribution in [3.63, 3.8) is 0 Å². The number of aryl methyl sites for hydroxylation is 2. The summed E-state index contributed by atoms with van der Waals surface area (Å²) < 4.78 is 2.44. The number of benzene rings is 1. The molecule has 1 aromatic carbocycles. The maximum atomic E-state index is 6.30. The van der Waals surface area contributed by atoms with Gasteiger partial charge in [0.15, 0.2) is 0 Å². The summed E-state index contributed by atoms with van der Waals surface area (Å²) in [5.41, 5.74) is 5.33. The van der Waals surface area contributed by atoms with E-state index in [9.17, 15) is 0 Å². The van der Waals surface area contributed by atoms with Crippen LogP contribution in [0.2, 0.25) is 10.0 Å². The van der Waals surface area contributed by atoms with Gasteiger partial charge in [-0.25, -0.2) is 4.98 Å². The van der Waals surface area contributed by atoms with Gasteiger partial charge in [-0.1, -0.05) is 35.3 Å². The highest BCUT2D eigenvalue weighted by atomic mass is 35.5. The number of nitrogens with zero attached hydrogens (tertiary/aromatic N) is 3. The van der Waals surface area contributed by atoms with E-state index in [2.05, 4.69) is 27.7 Å². The Bertz CT molecular complexity index is 962. The van der Waals surface area contributed by atoms with Crippen LogP contribution in [0, 0.1) is 0 Å². The van der Waals surface area contributed by atoms with E-state index in [0.29, 0.717) is 6.04 Å². The third kappa shape index (κ3) is 2.74. The first-order valence-corrected chi connectivity index (χ1v) is 10.1. The van der Waals surface area contributed by atoms with Crippen molar-refractivity contribution in [1.29, 1.82) is 0 Å². The van der Waals surface area contributed by atoms with E-state index >= 15 is 0 Å². The summed E-state index contributed by atoms with van der Waals surface area (Å²) in [6, 6.07) is 10.8. The number of aromatic nitrogens is 2. The average molecular weight is 386 g/mol. The molecule has 4 heterocycles. The summed E-state index contributed by atoms with van der Waals surface area (Å²) in [5.74, 6) is 0. The number of rotatable bonds is 3. The zero-order chi connectivity index (χ0) is 17.7.